The number of benzene rings is 1. The largest absolute Gasteiger partial charge is 0.375 e. The van der Waals surface area contributed by atoms with E-state index in [-0.39, 0.29) is 12.1 Å². The Kier molecular flexibility index (Phi) is 4.57. The van der Waals surface area contributed by atoms with E-state index in [9.17, 15) is 9.59 Å². The zero-order chi connectivity index (χ0) is 14.5. The average Bonchev–Trinajstić information content (AvgIpc) is 2.45. The number of nitrogens with two attached hydrogens (primary N) is 1. The first kappa shape index (κ1) is 14.3. The second-order valence-corrected chi connectivity index (χ2v) is 4.85. The first-order valence-electron chi connectivity index (χ1n) is 6.59. The van der Waals surface area contributed by atoms with Crippen LogP contribution in [0.15, 0.2) is 24.3 Å². The summed E-state index contributed by atoms with van der Waals surface area (Å²) in [6, 6.07) is 6.80. The van der Waals surface area contributed by atoms with Crippen molar-refractivity contribution in [2.75, 3.05) is 19.7 Å². The van der Waals surface area contributed by atoms with Crippen LogP contribution in [0.2, 0.25) is 0 Å². The summed E-state index contributed by atoms with van der Waals surface area (Å²) in [5.74, 6) is -0.472. The number of hydrogen-bond donors (Lipinski definition) is 2. The monoisotopic (exact) mass is 277 g/mol. The van der Waals surface area contributed by atoms with Gasteiger partial charge < -0.3 is 20.7 Å². The van der Waals surface area contributed by atoms with Gasteiger partial charge in [0.05, 0.1) is 12.7 Å². The van der Waals surface area contributed by atoms with Gasteiger partial charge in [-0.05, 0) is 24.6 Å². The number of nitrogens with zero attached hydrogens (tertiary/aromatic N) is 1. The van der Waals surface area contributed by atoms with Gasteiger partial charge in [0.2, 0.25) is 5.91 Å². The fraction of sp³-hybridized carbons (Fsp3) is 0.429. The highest BCUT2D eigenvalue weighted by atomic mass is 16.5. The summed E-state index contributed by atoms with van der Waals surface area (Å²) in [5, 5.41) is 2.83. The summed E-state index contributed by atoms with van der Waals surface area (Å²) >= 11 is 0. The lowest BCUT2D eigenvalue weighted by Gasteiger charge is -2.31. The van der Waals surface area contributed by atoms with E-state index in [1.807, 2.05) is 13.0 Å². The second-order valence-electron chi connectivity index (χ2n) is 4.85. The fourth-order valence-corrected chi connectivity index (χ4v) is 2.13. The first-order valence-corrected chi connectivity index (χ1v) is 6.59. The molecule has 0 spiro atoms. The highest BCUT2D eigenvalue weighted by Crippen LogP contribution is 2.07. The predicted molar refractivity (Wildman–Crippen MR) is 74.2 cm³/mol. The van der Waals surface area contributed by atoms with E-state index in [1.165, 1.54) is 0 Å². The van der Waals surface area contributed by atoms with Gasteiger partial charge in [-0.2, -0.15) is 0 Å². The lowest BCUT2D eigenvalue weighted by atomic mass is 10.1. The van der Waals surface area contributed by atoms with Crippen molar-refractivity contribution in [2.24, 2.45) is 5.73 Å². The number of carbonyl (C=O) groups excluding carboxylic acids is 2. The topological polar surface area (TPSA) is 84.7 Å². The van der Waals surface area contributed by atoms with E-state index in [2.05, 4.69) is 5.32 Å². The smallest absolute Gasteiger partial charge is 0.317 e. The van der Waals surface area contributed by atoms with Crippen LogP contribution in [0.1, 0.15) is 22.8 Å². The van der Waals surface area contributed by atoms with Crippen molar-refractivity contribution in [3.05, 3.63) is 35.4 Å². The van der Waals surface area contributed by atoms with Gasteiger partial charge in [0.15, 0.2) is 0 Å². The molecule has 6 nitrogen and oxygen atoms in total. The number of hydrogen-bond acceptors (Lipinski definition) is 3. The maximum atomic E-state index is 12.0. The minimum absolute atomic E-state index is 0.0627. The molecule has 0 aromatic heterocycles. The van der Waals surface area contributed by atoms with Crippen molar-refractivity contribution in [1.82, 2.24) is 10.2 Å². The van der Waals surface area contributed by atoms with Crippen LogP contribution in [0.4, 0.5) is 4.79 Å². The van der Waals surface area contributed by atoms with E-state index in [4.69, 9.17) is 10.5 Å². The van der Waals surface area contributed by atoms with Crippen molar-refractivity contribution < 1.29 is 14.3 Å². The molecule has 1 atom stereocenters. The van der Waals surface area contributed by atoms with Gasteiger partial charge in [-0.3, -0.25) is 4.79 Å². The number of amides is 3. The summed E-state index contributed by atoms with van der Waals surface area (Å²) in [5.41, 5.74) is 6.51. The van der Waals surface area contributed by atoms with Crippen molar-refractivity contribution in [3.63, 3.8) is 0 Å². The van der Waals surface area contributed by atoms with Gasteiger partial charge in [-0.15, -0.1) is 0 Å². The number of carbonyl (C=O) groups is 2. The number of morpholine rings is 1. The summed E-state index contributed by atoms with van der Waals surface area (Å²) in [4.78, 5) is 24.8. The third-order valence-electron chi connectivity index (χ3n) is 3.18. The highest BCUT2D eigenvalue weighted by molar-refractivity contribution is 5.92. The minimum atomic E-state index is -0.472. The van der Waals surface area contributed by atoms with Crippen LogP contribution in [0.25, 0.3) is 0 Å². The lowest BCUT2D eigenvalue weighted by molar-refractivity contribution is -0.00351. The van der Waals surface area contributed by atoms with Crippen LogP contribution in [0, 0.1) is 0 Å². The Balaban J connectivity index is 1.89. The van der Waals surface area contributed by atoms with Crippen molar-refractivity contribution in [1.29, 1.82) is 0 Å². The van der Waals surface area contributed by atoms with Gasteiger partial charge >= 0.3 is 6.03 Å². The van der Waals surface area contributed by atoms with E-state index >= 15 is 0 Å². The molecule has 20 heavy (non-hydrogen) atoms. The maximum Gasteiger partial charge on any atom is 0.317 e. The molecular weight excluding hydrogens is 258 g/mol. The average molecular weight is 277 g/mol. The second kappa shape index (κ2) is 6.38. The highest BCUT2D eigenvalue weighted by Gasteiger charge is 2.20. The van der Waals surface area contributed by atoms with E-state index < -0.39 is 5.91 Å². The van der Waals surface area contributed by atoms with E-state index in [0.29, 0.717) is 31.8 Å². The molecule has 0 radical (unpaired) electrons. The minimum Gasteiger partial charge on any atom is -0.375 e. The molecule has 1 aromatic carbocycles. The summed E-state index contributed by atoms with van der Waals surface area (Å²) < 4.78 is 5.39. The molecule has 6 heteroatoms. The molecule has 0 saturated carbocycles. The van der Waals surface area contributed by atoms with Crippen LogP contribution in [0.3, 0.4) is 0 Å². The summed E-state index contributed by atoms with van der Waals surface area (Å²) in [7, 11) is 0. The number of primary amides is 1. The quantitative estimate of drug-likeness (QED) is 0.853. The number of urea groups is 1. The van der Waals surface area contributed by atoms with Gasteiger partial charge in [-0.1, -0.05) is 12.1 Å². The molecule has 2 rings (SSSR count). The van der Waals surface area contributed by atoms with Gasteiger partial charge in [0, 0.05) is 25.2 Å². The molecule has 1 aliphatic heterocycles. The van der Waals surface area contributed by atoms with Crippen molar-refractivity contribution in [2.45, 2.75) is 19.6 Å². The van der Waals surface area contributed by atoms with Crippen LogP contribution >= 0.6 is 0 Å². The third-order valence-corrected chi connectivity index (χ3v) is 3.18. The van der Waals surface area contributed by atoms with Crippen LogP contribution in [0.5, 0.6) is 0 Å². The third kappa shape index (κ3) is 3.71. The van der Waals surface area contributed by atoms with Crippen LogP contribution in [-0.2, 0) is 11.3 Å². The summed E-state index contributed by atoms with van der Waals surface area (Å²) in [6.07, 6.45) is 0.0627. The molecule has 1 aliphatic rings. The molecule has 1 fully saturated rings. The van der Waals surface area contributed by atoms with E-state index in [1.54, 1.807) is 23.1 Å². The molecule has 1 saturated heterocycles. The molecule has 1 heterocycles. The number of ether oxygens (including phenoxy) is 1. The van der Waals surface area contributed by atoms with Crippen molar-refractivity contribution in [3.8, 4) is 0 Å². The molecule has 1 unspecified atom stereocenters. The molecule has 1 aromatic rings. The predicted octanol–water partition coefficient (Wildman–Crippen LogP) is 0.716. The molecule has 3 amide bonds. The standard InChI is InChI=1S/C14H19N3O3/c1-10-9-17(5-6-20-10)14(19)16-8-11-3-2-4-12(7-11)13(15)18/h2-4,7,10H,5-6,8-9H2,1H3,(H2,15,18)(H,16,19). The Morgan fingerprint density at radius 1 is 1.50 bits per heavy atom. The van der Waals surface area contributed by atoms with Crippen LogP contribution in [-0.4, -0.2) is 42.6 Å². The van der Waals surface area contributed by atoms with Gasteiger partial charge in [0.1, 0.15) is 0 Å². The SMILES string of the molecule is CC1CN(C(=O)NCc2cccc(C(N)=O)c2)CCO1. The van der Waals surface area contributed by atoms with Crippen LogP contribution < -0.4 is 11.1 Å². The summed E-state index contributed by atoms with van der Waals surface area (Å²) in [6.45, 7) is 4.05. The molecule has 0 aliphatic carbocycles. The Bertz CT molecular complexity index is 504. The Morgan fingerprint density at radius 3 is 3.00 bits per heavy atom. The zero-order valence-corrected chi connectivity index (χ0v) is 11.5. The first-order chi connectivity index (χ1) is 9.56. The van der Waals surface area contributed by atoms with Gasteiger partial charge in [0.25, 0.3) is 0 Å². The normalized spacial score (nSPS) is 18.6. The fourth-order valence-electron chi connectivity index (χ4n) is 2.13. The zero-order valence-electron chi connectivity index (χ0n) is 11.5. The Labute approximate surface area is 117 Å². The number of rotatable bonds is 3. The Morgan fingerprint density at radius 2 is 2.30 bits per heavy atom. The Hall–Kier alpha value is -2.08. The number of nitrogens with one attached hydrogen (secondary N) is 1. The van der Waals surface area contributed by atoms with Gasteiger partial charge in [-0.25, -0.2) is 4.79 Å². The molecule has 108 valence electrons. The van der Waals surface area contributed by atoms with E-state index in [0.717, 1.165) is 5.56 Å². The lowest BCUT2D eigenvalue weighted by Crippen LogP contribution is -2.48. The molecular formula is C14H19N3O3. The molecule has 3 N–H and O–H groups in total. The maximum absolute atomic E-state index is 12.0. The molecule has 0 bridgehead atoms. The van der Waals surface area contributed by atoms with Crippen molar-refractivity contribution >= 4 is 11.9 Å².